The fourth-order valence-electron chi connectivity index (χ4n) is 2.19. The minimum Gasteiger partial charge on any atom is -0.102 e. The van der Waals surface area contributed by atoms with Crippen LogP contribution < -0.4 is 0 Å². The molecule has 0 spiro atoms. The van der Waals surface area contributed by atoms with E-state index in [0.29, 0.717) is 5.92 Å². The van der Waals surface area contributed by atoms with Crippen molar-refractivity contribution in [1.29, 1.82) is 0 Å². The summed E-state index contributed by atoms with van der Waals surface area (Å²) in [4.78, 5) is 0. The van der Waals surface area contributed by atoms with E-state index in [4.69, 9.17) is 0 Å². The first-order valence-electron chi connectivity index (χ1n) is 6.39. The van der Waals surface area contributed by atoms with Crippen molar-refractivity contribution in [3.8, 4) is 0 Å². The molecule has 1 saturated carbocycles. The SMILES string of the molecule is C=CC1=CC(C)=CC2CC12C=C.CC.CC. The van der Waals surface area contributed by atoms with Crippen LogP contribution in [-0.4, -0.2) is 0 Å². The van der Waals surface area contributed by atoms with Crippen LogP contribution in [0, 0.1) is 11.3 Å². The minimum absolute atomic E-state index is 0.265. The summed E-state index contributed by atoms with van der Waals surface area (Å²) < 4.78 is 0. The maximum absolute atomic E-state index is 3.90. The van der Waals surface area contributed by atoms with Crippen molar-refractivity contribution in [3.63, 3.8) is 0 Å². The zero-order chi connectivity index (χ0) is 12.8. The standard InChI is InChI=1S/C12H14.2C2H6/c1-4-10-6-9(3)7-11-8-12(10,11)5-2;2*1-2/h4-7,11H,1-2,8H2,3H3;2*1-2H3. The highest BCUT2D eigenvalue weighted by Crippen LogP contribution is 2.62. The van der Waals surface area contributed by atoms with Crippen LogP contribution in [0.3, 0.4) is 0 Å². The number of fused-ring (bicyclic) bond motifs is 1. The molecule has 0 aliphatic heterocycles. The highest BCUT2D eigenvalue weighted by Gasteiger charge is 2.53. The quantitative estimate of drug-likeness (QED) is 0.551. The summed E-state index contributed by atoms with van der Waals surface area (Å²) in [6.07, 6.45) is 9.84. The molecule has 0 radical (unpaired) electrons. The normalized spacial score (nSPS) is 28.9. The van der Waals surface area contributed by atoms with Gasteiger partial charge >= 0.3 is 0 Å². The molecule has 1 fully saturated rings. The molecule has 0 aromatic heterocycles. The first kappa shape index (κ1) is 15.0. The first-order chi connectivity index (χ1) is 7.73. The predicted octanol–water partition coefficient (Wildman–Crippen LogP) is 5.30. The van der Waals surface area contributed by atoms with Gasteiger partial charge in [-0.15, -0.1) is 6.58 Å². The Bertz CT molecular complexity index is 304. The van der Waals surface area contributed by atoms with E-state index in [1.54, 1.807) is 0 Å². The second kappa shape index (κ2) is 6.52. The third-order valence-corrected chi connectivity index (χ3v) is 3.03. The third kappa shape index (κ3) is 2.55. The minimum atomic E-state index is 0.265. The zero-order valence-electron chi connectivity index (χ0n) is 11.5. The Hall–Kier alpha value is -1.04. The molecule has 0 amide bonds. The van der Waals surface area contributed by atoms with Crippen molar-refractivity contribution in [2.45, 2.75) is 41.0 Å². The van der Waals surface area contributed by atoms with Crippen molar-refractivity contribution >= 4 is 0 Å². The maximum atomic E-state index is 3.90. The van der Waals surface area contributed by atoms with Crippen molar-refractivity contribution in [3.05, 3.63) is 48.6 Å². The monoisotopic (exact) mass is 218 g/mol. The molecule has 2 aliphatic rings. The molecule has 0 aromatic rings. The Morgan fingerprint density at radius 2 is 1.81 bits per heavy atom. The van der Waals surface area contributed by atoms with Crippen LogP contribution in [0.1, 0.15) is 41.0 Å². The van der Waals surface area contributed by atoms with Crippen LogP contribution in [0.5, 0.6) is 0 Å². The van der Waals surface area contributed by atoms with Crippen molar-refractivity contribution in [2.75, 3.05) is 0 Å². The topological polar surface area (TPSA) is 0 Å². The lowest BCUT2D eigenvalue weighted by Crippen LogP contribution is -2.05. The fraction of sp³-hybridized carbons (Fsp3) is 0.500. The number of hydrogen-bond acceptors (Lipinski definition) is 0. The van der Waals surface area contributed by atoms with Crippen LogP contribution in [0.25, 0.3) is 0 Å². The highest BCUT2D eigenvalue weighted by molar-refractivity contribution is 5.48. The summed E-state index contributed by atoms with van der Waals surface area (Å²) in [6.45, 7) is 17.9. The van der Waals surface area contributed by atoms with Gasteiger partial charge in [-0.3, -0.25) is 0 Å². The zero-order valence-corrected chi connectivity index (χ0v) is 11.5. The molecule has 0 heteroatoms. The summed E-state index contributed by atoms with van der Waals surface area (Å²) >= 11 is 0. The van der Waals surface area contributed by atoms with Crippen LogP contribution in [0.4, 0.5) is 0 Å². The summed E-state index contributed by atoms with van der Waals surface area (Å²) in [7, 11) is 0. The van der Waals surface area contributed by atoms with Gasteiger partial charge in [0.05, 0.1) is 0 Å². The Morgan fingerprint density at radius 1 is 1.25 bits per heavy atom. The smallest absolute Gasteiger partial charge is 0.0198 e. The molecule has 0 bridgehead atoms. The van der Waals surface area contributed by atoms with E-state index in [2.05, 4.69) is 38.3 Å². The Balaban J connectivity index is 0.000000509. The van der Waals surface area contributed by atoms with E-state index in [1.165, 1.54) is 17.6 Å². The van der Waals surface area contributed by atoms with Gasteiger partial charge in [0.25, 0.3) is 0 Å². The highest BCUT2D eigenvalue weighted by atomic mass is 14.6. The predicted molar refractivity (Wildman–Crippen MR) is 75.5 cm³/mol. The molecule has 16 heavy (non-hydrogen) atoms. The van der Waals surface area contributed by atoms with Gasteiger partial charge in [-0.05, 0) is 24.8 Å². The van der Waals surface area contributed by atoms with Crippen molar-refractivity contribution in [2.24, 2.45) is 11.3 Å². The van der Waals surface area contributed by atoms with E-state index in [0.717, 1.165) is 0 Å². The molecule has 0 nitrogen and oxygen atoms in total. The summed E-state index contributed by atoms with van der Waals surface area (Å²) in [5.74, 6) is 0.702. The van der Waals surface area contributed by atoms with Crippen LogP contribution in [0.15, 0.2) is 48.6 Å². The van der Waals surface area contributed by atoms with E-state index >= 15 is 0 Å². The maximum Gasteiger partial charge on any atom is 0.0198 e. The van der Waals surface area contributed by atoms with Gasteiger partial charge in [0.1, 0.15) is 0 Å². The number of allylic oxidation sites excluding steroid dienone is 6. The molecular weight excluding hydrogens is 192 g/mol. The molecule has 0 N–H and O–H groups in total. The Kier molecular flexibility index (Phi) is 6.10. The van der Waals surface area contributed by atoms with Gasteiger partial charge in [-0.2, -0.15) is 0 Å². The Morgan fingerprint density at radius 3 is 2.25 bits per heavy atom. The molecule has 0 saturated heterocycles. The molecule has 0 aromatic carbocycles. The van der Waals surface area contributed by atoms with Gasteiger partial charge in [-0.1, -0.05) is 64.2 Å². The summed E-state index contributed by atoms with van der Waals surface area (Å²) in [6, 6.07) is 0. The summed E-state index contributed by atoms with van der Waals surface area (Å²) in [5.41, 5.74) is 2.98. The largest absolute Gasteiger partial charge is 0.102 e. The van der Waals surface area contributed by atoms with Crippen LogP contribution >= 0.6 is 0 Å². The van der Waals surface area contributed by atoms with Crippen molar-refractivity contribution in [1.82, 2.24) is 0 Å². The molecule has 2 unspecified atom stereocenters. The second-order valence-corrected chi connectivity index (χ2v) is 3.77. The molecular formula is C16H26. The van der Waals surface area contributed by atoms with E-state index in [-0.39, 0.29) is 5.41 Å². The van der Waals surface area contributed by atoms with Gasteiger partial charge in [0.2, 0.25) is 0 Å². The molecule has 90 valence electrons. The molecule has 2 aliphatic carbocycles. The van der Waals surface area contributed by atoms with Crippen molar-refractivity contribution < 1.29 is 0 Å². The summed E-state index contributed by atoms with van der Waals surface area (Å²) in [5, 5.41) is 0. The molecule has 2 atom stereocenters. The Labute approximate surface area is 101 Å². The van der Waals surface area contributed by atoms with Crippen LogP contribution in [-0.2, 0) is 0 Å². The average molecular weight is 218 g/mol. The second-order valence-electron chi connectivity index (χ2n) is 3.77. The van der Waals surface area contributed by atoms with E-state index in [1.807, 2.05) is 33.8 Å². The van der Waals surface area contributed by atoms with Gasteiger partial charge < -0.3 is 0 Å². The van der Waals surface area contributed by atoms with E-state index in [9.17, 15) is 0 Å². The first-order valence-corrected chi connectivity index (χ1v) is 6.39. The third-order valence-electron chi connectivity index (χ3n) is 3.03. The molecule has 0 heterocycles. The number of hydrogen-bond donors (Lipinski definition) is 0. The lowest BCUT2D eigenvalue weighted by molar-refractivity contribution is 0.740. The lowest BCUT2D eigenvalue weighted by Gasteiger charge is -2.17. The average Bonchev–Trinajstić information content (AvgIpc) is 3.07. The fourth-order valence-corrected chi connectivity index (χ4v) is 2.19. The van der Waals surface area contributed by atoms with Gasteiger partial charge in [0.15, 0.2) is 0 Å². The van der Waals surface area contributed by atoms with Crippen LogP contribution in [0.2, 0.25) is 0 Å². The van der Waals surface area contributed by atoms with Gasteiger partial charge in [-0.25, -0.2) is 0 Å². The van der Waals surface area contributed by atoms with E-state index < -0.39 is 0 Å². The number of rotatable bonds is 2. The lowest BCUT2D eigenvalue weighted by atomic mass is 9.87. The van der Waals surface area contributed by atoms with Gasteiger partial charge in [0, 0.05) is 5.41 Å². The molecule has 2 rings (SSSR count).